The number of Topliss-reactive ketones (excluding diaryl/α,β-unsaturated/α-hetero) is 1. The molecule has 1 saturated heterocycles. The molecule has 2 aliphatic rings. The van der Waals surface area contributed by atoms with E-state index in [-0.39, 0.29) is 24.3 Å². The summed E-state index contributed by atoms with van der Waals surface area (Å²) in [4.78, 5) is 11.7. The number of fused-ring (bicyclic) bond motifs is 1. The van der Waals surface area contributed by atoms with Crippen LogP contribution in [0.5, 0.6) is 0 Å². The summed E-state index contributed by atoms with van der Waals surface area (Å²) in [6.07, 6.45) is 2.67. The number of hydrogen-bond acceptors (Lipinski definition) is 3. The molecule has 0 spiro atoms. The molecular formula is C14H16O3. The Hall–Kier alpha value is -1.19. The second-order valence-corrected chi connectivity index (χ2v) is 4.71. The van der Waals surface area contributed by atoms with Crippen LogP contribution in [0.25, 0.3) is 0 Å². The molecule has 3 unspecified atom stereocenters. The first kappa shape index (κ1) is 10.9. The third kappa shape index (κ3) is 2.26. The Morgan fingerprint density at radius 3 is 2.76 bits per heavy atom. The van der Waals surface area contributed by atoms with Crippen molar-refractivity contribution in [2.75, 3.05) is 0 Å². The highest BCUT2D eigenvalue weighted by atomic mass is 16.7. The van der Waals surface area contributed by atoms with Gasteiger partial charge in [-0.3, -0.25) is 4.79 Å². The van der Waals surface area contributed by atoms with Crippen molar-refractivity contribution in [3.63, 3.8) is 0 Å². The average molecular weight is 232 g/mol. The quantitative estimate of drug-likeness (QED) is 0.783. The van der Waals surface area contributed by atoms with E-state index in [9.17, 15) is 4.79 Å². The van der Waals surface area contributed by atoms with Crippen molar-refractivity contribution in [2.24, 2.45) is 0 Å². The van der Waals surface area contributed by atoms with Gasteiger partial charge in [0.05, 0.1) is 6.10 Å². The Bertz CT molecular complexity index is 401. The SMILES string of the molecule is O=C1CCCC2OC(Cc3ccccc3)OC12. The van der Waals surface area contributed by atoms with E-state index >= 15 is 0 Å². The first-order valence-corrected chi connectivity index (χ1v) is 6.20. The van der Waals surface area contributed by atoms with Crippen LogP contribution in [0.1, 0.15) is 24.8 Å². The average Bonchev–Trinajstić information content (AvgIpc) is 2.74. The predicted octanol–water partition coefficient (Wildman–Crippen LogP) is 2.09. The van der Waals surface area contributed by atoms with Crippen LogP contribution in [0.4, 0.5) is 0 Å². The van der Waals surface area contributed by atoms with Crippen molar-refractivity contribution in [3.8, 4) is 0 Å². The lowest BCUT2D eigenvalue weighted by atomic mass is 9.94. The number of carbonyl (C=O) groups excluding carboxylic acids is 1. The summed E-state index contributed by atoms with van der Waals surface area (Å²) in [6, 6.07) is 10.1. The van der Waals surface area contributed by atoms with Crippen LogP contribution in [-0.4, -0.2) is 24.3 Å². The van der Waals surface area contributed by atoms with Crippen LogP contribution in [0.2, 0.25) is 0 Å². The Balaban J connectivity index is 1.66. The van der Waals surface area contributed by atoms with Crippen molar-refractivity contribution in [2.45, 2.75) is 44.2 Å². The van der Waals surface area contributed by atoms with E-state index in [1.54, 1.807) is 0 Å². The number of hydrogen-bond donors (Lipinski definition) is 0. The molecule has 0 bridgehead atoms. The van der Waals surface area contributed by atoms with Gasteiger partial charge in [0.1, 0.15) is 6.10 Å². The van der Waals surface area contributed by atoms with Gasteiger partial charge >= 0.3 is 0 Å². The number of ketones is 1. The Kier molecular flexibility index (Phi) is 2.95. The third-order valence-electron chi connectivity index (χ3n) is 3.44. The van der Waals surface area contributed by atoms with E-state index in [2.05, 4.69) is 12.1 Å². The molecule has 0 aromatic heterocycles. The van der Waals surface area contributed by atoms with E-state index in [1.807, 2.05) is 18.2 Å². The summed E-state index contributed by atoms with van der Waals surface area (Å²) in [5, 5.41) is 0. The Morgan fingerprint density at radius 2 is 2.00 bits per heavy atom. The molecule has 0 N–H and O–H groups in total. The molecule has 3 atom stereocenters. The monoisotopic (exact) mass is 232 g/mol. The fourth-order valence-electron chi connectivity index (χ4n) is 2.57. The van der Waals surface area contributed by atoms with Crippen LogP contribution in [0.3, 0.4) is 0 Å². The standard InChI is InChI=1S/C14H16O3/c15-11-7-4-8-12-14(11)17-13(16-12)9-10-5-2-1-3-6-10/h1-3,5-6,12-14H,4,7-9H2. The van der Waals surface area contributed by atoms with Gasteiger partial charge in [0, 0.05) is 12.8 Å². The lowest BCUT2D eigenvalue weighted by Crippen LogP contribution is -2.35. The van der Waals surface area contributed by atoms with Crippen molar-refractivity contribution < 1.29 is 14.3 Å². The van der Waals surface area contributed by atoms with Gasteiger partial charge in [-0.2, -0.15) is 0 Å². The lowest BCUT2D eigenvalue weighted by molar-refractivity contribution is -0.132. The largest absolute Gasteiger partial charge is 0.346 e. The first-order chi connectivity index (χ1) is 8.33. The van der Waals surface area contributed by atoms with Crippen LogP contribution in [0, 0.1) is 0 Å². The number of ether oxygens (including phenoxy) is 2. The van der Waals surface area contributed by atoms with Gasteiger partial charge in [0.25, 0.3) is 0 Å². The highest BCUT2D eigenvalue weighted by Gasteiger charge is 2.42. The fourth-order valence-corrected chi connectivity index (χ4v) is 2.57. The molecule has 3 heteroatoms. The maximum atomic E-state index is 11.7. The zero-order chi connectivity index (χ0) is 11.7. The van der Waals surface area contributed by atoms with Gasteiger partial charge in [-0.05, 0) is 18.4 Å². The molecule has 1 aromatic carbocycles. The minimum Gasteiger partial charge on any atom is -0.346 e. The highest BCUT2D eigenvalue weighted by molar-refractivity contribution is 5.84. The van der Waals surface area contributed by atoms with Gasteiger partial charge in [-0.25, -0.2) is 0 Å². The van der Waals surface area contributed by atoms with Crippen LogP contribution >= 0.6 is 0 Å². The smallest absolute Gasteiger partial charge is 0.164 e. The summed E-state index contributed by atoms with van der Waals surface area (Å²) < 4.78 is 11.5. The van der Waals surface area contributed by atoms with Crippen LogP contribution < -0.4 is 0 Å². The molecule has 1 aromatic rings. The fraction of sp³-hybridized carbons (Fsp3) is 0.500. The van der Waals surface area contributed by atoms with Crippen molar-refractivity contribution in [3.05, 3.63) is 35.9 Å². The molecule has 2 fully saturated rings. The van der Waals surface area contributed by atoms with E-state index in [0.717, 1.165) is 19.3 Å². The summed E-state index contributed by atoms with van der Waals surface area (Å²) in [6.45, 7) is 0. The molecule has 1 aliphatic carbocycles. The molecule has 0 amide bonds. The first-order valence-electron chi connectivity index (χ1n) is 6.20. The number of rotatable bonds is 2. The summed E-state index contributed by atoms with van der Waals surface area (Å²) in [5.74, 6) is 0.205. The Morgan fingerprint density at radius 1 is 1.18 bits per heavy atom. The maximum Gasteiger partial charge on any atom is 0.164 e. The highest BCUT2D eigenvalue weighted by Crippen LogP contribution is 2.30. The Labute approximate surface area is 101 Å². The predicted molar refractivity (Wildman–Crippen MR) is 62.5 cm³/mol. The van der Waals surface area contributed by atoms with Crippen molar-refractivity contribution in [1.82, 2.24) is 0 Å². The zero-order valence-corrected chi connectivity index (χ0v) is 9.67. The minimum absolute atomic E-state index is 0.00929. The molecule has 1 heterocycles. The van der Waals surface area contributed by atoms with Gasteiger partial charge in [0.15, 0.2) is 12.1 Å². The van der Waals surface area contributed by atoms with Gasteiger partial charge < -0.3 is 9.47 Å². The van der Waals surface area contributed by atoms with E-state index in [1.165, 1.54) is 5.56 Å². The molecule has 3 rings (SSSR count). The number of benzene rings is 1. The van der Waals surface area contributed by atoms with Crippen LogP contribution in [0.15, 0.2) is 30.3 Å². The van der Waals surface area contributed by atoms with Crippen molar-refractivity contribution in [1.29, 1.82) is 0 Å². The second-order valence-electron chi connectivity index (χ2n) is 4.71. The molecule has 17 heavy (non-hydrogen) atoms. The van der Waals surface area contributed by atoms with E-state index in [4.69, 9.17) is 9.47 Å². The van der Waals surface area contributed by atoms with E-state index < -0.39 is 0 Å². The molecule has 90 valence electrons. The lowest BCUT2D eigenvalue weighted by Gasteiger charge is -2.20. The normalized spacial score (nSPS) is 32.5. The molecule has 3 nitrogen and oxygen atoms in total. The van der Waals surface area contributed by atoms with Crippen LogP contribution in [-0.2, 0) is 20.7 Å². The molecule has 0 radical (unpaired) electrons. The summed E-state index contributed by atoms with van der Waals surface area (Å²) in [7, 11) is 0. The van der Waals surface area contributed by atoms with Gasteiger partial charge in [-0.15, -0.1) is 0 Å². The molecule has 1 saturated carbocycles. The van der Waals surface area contributed by atoms with E-state index in [0.29, 0.717) is 6.42 Å². The summed E-state index contributed by atoms with van der Waals surface area (Å²) >= 11 is 0. The zero-order valence-electron chi connectivity index (χ0n) is 9.67. The van der Waals surface area contributed by atoms with Gasteiger partial charge in [0.2, 0.25) is 0 Å². The topological polar surface area (TPSA) is 35.5 Å². The third-order valence-corrected chi connectivity index (χ3v) is 3.44. The minimum atomic E-state index is -0.308. The van der Waals surface area contributed by atoms with Gasteiger partial charge in [-0.1, -0.05) is 30.3 Å². The molecule has 1 aliphatic heterocycles. The van der Waals surface area contributed by atoms with Crippen molar-refractivity contribution >= 4 is 5.78 Å². The number of carbonyl (C=O) groups is 1. The molecular weight excluding hydrogens is 216 g/mol. The second kappa shape index (κ2) is 4.59. The summed E-state index contributed by atoms with van der Waals surface area (Å²) in [5.41, 5.74) is 1.18. The maximum absolute atomic E-state index is 11.7.